The molecule has 2 aromatic carbocycles. The summed E-state index contributed by atoms with van der Waals surface area (Å²) in [5.74, 6) is 0.539. The highest BCUT2D eigenvalue weighted by atomic mass is 32.2. The fraction of sp³-hybridized carbons (Fsp3) is 0.111. The summed E-state index contributed by atoms with van der Waals surface area (Å²) in [7, 11) is 0. The van der Waals surface area contributed by atoms with Gasteiger partial charge in [0.1, 0.15) is 11.0 Å². The number of fused-ring (bicyclic) bond motifs is 2. The Morgan fingerprint density at radius 2 is 1.13 bits per heavy atom. The van der Waals surface area contributed by atoms with Crippen LogP contribution in [0.1, 0.15) is 0 Å². The number of hydrogen-bond acceptors (Lipinski definition) is 11. The predicted molar refractivity (Wildman–Crippen MR) is 119 cm³/mol. The van der Waals surface area contributed by atoms with Gasteiger partial charge in [-0.2, -0.15) is 9.36 Å². The van der Waals surface area contributed by atoms with Crippen molar-refractivity contribution >= 4 is 56.7 Å². The first-order chi connectivity index (χ1) is 15.2. The van der Waals surface area contributed by atoms with Crippen LogP contribution < -0.4 is 11.1 Å². The van der Waals surface area contributed by atoms with Crippen molar-refractivity contribution in [2.45, 2.75) is 20.4 Å². The van der Waals surface area contributed by atoms with Gasteiger partial charge in [-0.05, 0) is 24.3 Å². The lowest BCUT2D eigenvalue weighted by Crippen LogP contribution is -2.23. The van der Waals surface area contributed by atoms with Crippen molar-refractivity contribution in [3.8, 4) is 0 Å². The second kappa shape index (κ2) is 8.53. The van der Waals surface area contributed by atoms with Gasteiger partial charge < -0.3 is 0 Å². The zero-order valence-electron chi connectivity index (χ0n) is 15.7. The largest absolute Gasteiger partial charge is 0.278 e. The van der Waals surface area contributed by atoms with Crippen LogP contribution in [0.15, 0.2) is 66.8 Å². The second-order valence-electron chi connectivity index (χ2n) is 6.20. The molecule has 154 valence electrons. The molecule has 0 radical (unpaired) electrons. The Morgan fingerprint density at radius 3 is 1.61 bits per heavy atom. The summed E-state index contributed by atoms with van der Waals surface area (Å²) in [6.07, 6.45) is 0. The summed E-state index contributed by atoms with van der Waals surface area (Å²) in [4.78, 5) is 25.0. The molecule has 0 aliphatic rings. The molecule has 0 saturated carbocycles. The van der Waals surface area contributed by atoms with Crippen LogP contribution in [0.5, 0.6) is 0 Å². The molecule has 10 nitrogen and oxygen atoms in total. The van der Waals surface area contributed by atoms with E-state index >= 15 is 0 Å². The van der Waals surface area contributed by atoms with Gasteiger partial charge in [-0.25, -0.2) is 0 Å². The zero-order valence-corrected chi connectivity index (χ0v) is 18.1. The van der Waals surface area contributed by atoms with Crippen LogP contribution in [0, 0.1) is 0 Å². The third-order valence-electron chi connectivity index (χ3n) is 4.27. The maximum atomic E-state index is 12.5. The van der Waals surface area contributed by atoms with E-state index in [1.807, 2.05) is 12.1 Å². The van der Waals surface area contributed by atoms with Crippen molar-refractivity contribution < 1.29 is 0 Å². The van der Waals surface area contributed by atoms with Crippen LogP contribution >= 0.6 is 34.9 Å². The van der Waals surface area contributed by atoms with Crippen molar-refractivity contribution in [1.82, 2.24) is 40.2 Å². The van der Waals surface area contributed by atoms with Crippen LogP contribution in [0.25, 0.3) is 21.8 Å². The Bertz CT molecular complexity index is 1400. The SMILES string of the molecule is O=c1c2ccccc2nnn1CSc1nnc(SCn2nnc3ccccc3c2=O)s1. The number of rotatable bonds is 6. The molecule has 0 spiro atoms. The van der Waals surface area contributed by atoms with Gasteiger partial charge >= 0.3 is 0 Å². The third-order valence-corrected chi connectivity index (χ3v) is 7.39. The molecule has 3 aromatic heterocycles. The van der Waals surface area contributed by atoms with Crippen LogP contribution in [0.4, 0.5) is 0 Å². The van der Waals surface area contributed by atoms with Crippen LogP contribution in [-0.2, 0) is 11.8 Å². The summed E-state index contributed by atoms with van der Waals surface area (Å²) < 4.78 is 3.96. The first-order valence-electron chi connectivity index (χ1n) is 8.93. The Balaban J connectivity index is 1.26. The number of nitrogens with zero attached hydrogens (tertiary/aromatic N) is 8. The summed E-state index contributed by atoms with van der Waals surface area (Å²) in [5, 5.41) is 25.4. The molecule has 3 heterocycles. The van der Waals surface area contributed by atoms with Crippen LogP contribution in [-0.4, -0.2) is 40.2 Å². The first-order valence-corrected chi connectivity index (χ1v) is 11.7. The first kappa shape index (κ1) is 19.8. The highest BCUT2D eigenvalue weighted by molar-refractivity contribution is 8.02. The molecule has 31 heavy (non-hydrogen) atoms. The Morgan fingerprint density at radius 1 is 0.677 bits per heavy atom. The lowest BCUT2D eigenvalue weighted by Gasteiger charge is -2.02. The highest BCUT2D eigenvalue weighted by Crippen LogP contribution is 2.29. The average molecular weight is 469 g/mol. The van der Waals surface area contributed by atoms with E-state index in [0.29, 0.717) is 30.5 Å². The molecule has 0 aliphatic carbocycles. The molecule has 0 aliphatic heterocycles. The van der Waals surface area contributed by atoms with E-state index in [4.69, 9.17) is 0 Å². The quantitative estimate of drug-likeness (QED) is 0.343. The molecule has 0 N–H and O–H groups in total. The van der Waals surface area contributed by atoms with Crippen molar-refractivity contribution in [2.75, 3.05) is 0 Å². The van der Waals surface area contributed by atoms with Crippen molar-refractivity contribution in [1.29, 1.82) is 0 Å². The summed E-state index contributed by atoms with van der Waals surface area (Å²) in [6.45, 7) is 0. The van der Waals surface area contributed by atoms with Gasteiger partial charge in [0, 0.05) is 0 Å². The van der Waals surface area contributed by atoms with E-state index in [0.717, 1.165) is 0 Å². The number of hydrogen-bond donors (Lipinski definition) is 0. The molecule has 0 saturated heterocycles. The summed E-state index contributed by atoms with van der Waals surface area (Å²) >= 11 is 4.05. The maximum Gasteiger partial charge on any atom is 0.278 e. The molecule has 5 aromatic rings. The predicted octanol–water partition coefficient (Wildman–Crippen LogP) is 2.25. The minimum absolute atomic E-state index is 0.202. The Kier molecular flexibility index (Phi) is 5.44. The molecule has 0 unspecified atom stereocenters. The van der Waals surface area contributed by atoms with Gasteiger partial charge in [-0.1, -0.05) is 69.6 Å². The standard InChI is InChI=1S/C18H12N8O2S3/c27-15-11-5-1-3-7-13(11)19-23-25(15)9-29-17-21-22-18(31-17)30-10-26-16(28)12-6-2-4-8-14(12)20-24-26/h1-8H,9-10H2. The molecule has 0 atom stereocenters. The van der Waals surface area contributed by atoms with Gasteiger partial charge in [0.15, 0.2) is 8.68 Å². The van der Waals surface area contributed by atoms with Gasteiger partial charge in [0.05, 0.1) is 22.5 Å². The minimum Gasteiger partial charge on any atom is -0.267 e. The van der Waals surface area contributed by atoms with E-state index < -0.39 is 0 Å². The van der Waals surface area contributed by atoms with E-state index in [9.17, 15) is 9.59 Å². The topological polar surface area (TPSA) is 121 Å². The summed E-state index contributed by atoms with van der Waals surface area (Å²) in [5.41, 5.74) is 0.726. The average Bonchev–Trinajstić information content (AvgIpc) is 3.26. The summed E-state index contributed by atoms with van der Waals surface area (Å²) in [6, 6.07) is 14.2. The van der Waals surface area contributed by atoms with Crippen molar-refractivity contribution in [3.63, 3.8) is 0 Å². The van der Waals surface area contributed by atoms with Gasteiger partial charge in [0.25, 0.3) is 11.1 Å². The number of thioether (sulfide) groups is 2. The monoisotopic (exact) mass is 468 g/mol. The molecule has 5 rings (SSSR count). The second-order valence-corrected chi connectivity index (χ2v) is 9.56. The van der Waals surface area contributed by atoms with E-state index in [2.05, 4.69) is 30.8 Å². The normalized spacial score (nSPS) is 11.4. The number of benzene rings is 2. The Labute approximate surface area is 186 Å². The molecule has 0 amide bonds. The minimum atomic E-state index is -0.202. The van der Waals surface area contributed by atoms with Crippen molar-refractivity contribution in [3.05, 3.63) is 69.2 Å². The van der Waals surface area contributed by atoms with E-state index in [-0.39, 0.29) is 22.9 Å². The number of aromatic nitrogens is 8. The van der Waals surface area contributed by atoms with E-state index in [1.54, 1.807) is 36.4 Å². The van der Waals surface area contributed by atoms with Gasteiger partial charge in [-0.15, -0.1) is 20.4 Å². The molecule has 0 bridgehead atoms. The third kappa shape index (κ3) is 4.06. The van der Waals surface area contributed by atoms with E-state index in [1.165, 1.54) is 44.2 Å². The molecule has 0 fully saturated rings. The zero-order chi connectivity index (χ0) is 21.2. The van der Waals surface area contributed by atoms with Crippen LogP contribution in [0.3, 0.4) is 0 Å². The van der Waals surface area contributed by atoms with Crippen molar-refractivity contribution in [2.24, 2.45) is 0 Å². The van der Waals surface area contributed by atoms with Gasteiger partial charge in [0.2, 0.25) is 0 Å². The molecule has 13 heteroatoms. The fourth-order valence-electron chi connectivity index (χ4n) is 2.76. The lowest BCUT2D eigenvalue weighted by atomic mass is 10.2. The highest BCUT2D eigenvalue weighted by Gasteiger charge is 2.11. The molecular formula is C18H12N8O2S3. The Hall–Kier alpha value is -3.16. The smallest absolute Gasteiger partial charge is 0.267 e. The van der Waals surface area contributed by atoms with Crippen LogP contribution in [0.2, 0.25) is 0 Å². The fourth-order valence-corrected chi connectivity index (χ4v) is 5.49. The molecular weight excluding hydrogens is 456 g/mol. The van der Waals surface area contributed by atoms with Gasteiger partial charge in [-0.3, -0.25) is 9.59 Å². The lowest BCUT2D eigenvalue weighted by molar-refractivity contribution is 0.644. The maximum absolute atomic E-state index is 12.5.